The number of nitrogens with one attached hydrogen (secondary N) is 1. The predicted molar refractivity (Wildman–Crippen MR) is 82.4 cm³/mol. The zero-order chi connectivity index (χ0) is 14.5. The van der Waals surface area contributed by atoms with E-state index in [1.165, 1.54) is 38.5 Å². The maximum atomic E-state index is 12.0. The van der Waals surface area contributed by atoms with Crippen molar-refractivity contribution < 1.29 is 4.79 Å². The van der Waals surface area contributed by atoms with Gasteiger partial charge >= 0.3 is 0 Å². The predicted octanol–water partition coefficient (Wildman–Crippen LogP) is 1.88. The van der Waals surface area contributed by atoms with Crippen LogP contribution in [0.5, 0.6) is 0 Å². The highest BCUT2D eigenvalue weighted by Gasteiger charge is 2.36. The van der Waals surface area contributed by atoms with Crippen LogP contribution in [-0.4, -0.2) is 42.0 Å². The van der Waals surface area contributed by atoms with Gasteiger partial charge in [-0.3, -0.25) is 9.69 Å². The summed E-state index contributed by atoms with van der Waals surface area (Å²) in [5, 5.41) is 3.00. The van der Waals surface area contributed by atoms with Gasteiger partial charge in [0.05, 0.1) is 0 Å². The van der Waals surface area contributed by atoms with E-state index in [2.05, 4.69) is 10.2 Å². The van der Waals surface area contributed by atoms with Crippen molar-refractivity contribution in [3.05, 3.63) is 0 Å². The molecule has 3 atom stereocenters. The number of carbonyl (C=O) groups excluding carboxylic acids is 1. The molecule has 116 valence electrons. The topological polar surface area (TPSA) is 58.4 Å². The second-order valence-corrected chi connectivity index (χ2v) is 6.81. The maximum Gasteiger partial charge on any atom is 0.221 e. The number of rotatable bonds is 5. The summed E-state index contributed by atoms with van der Waals surface area (Å²) < 4.78 is 0. The fourth-order valence-corrected chi connectivity index (χ4v) is 4.05. The lowest BCUT2D eigenvalue weighted by atomic mass is 9.77. The van der Waals surface area contributed by atoms with Crippen LogP contribution in [0, 0.1) is 5.92 Å². The van der Waals surface area contributed by atoms with Crippen molar-refractivity contribution in [3.63, 3.8) is 0 Å². The summed E-state index contributed by atoms with van der Waals surface area (Å²) in [6.45, 7) is 5.73. The van der Waals surface area contributed by atoms with Gasteiger partial charge in [-0.05, 0) is 52.0 Å². The summed E-state index contributed by atoms with van der Waals surface area (Å²) in [6, 6.07) is 1.11. The number of carbonyl (C=O) groups is 1. The van der Waals surface area contributed by atoms with E-state index in [-0.39, 0.29) is 18.0 Å². The van der Waals surface area contributed by atoms with Crippen LogP contribution >= 0.6 is 0 Å². The first-order chi connectivity index (χ1) is 9.61. The van der Waals surface area contributed by atoms with Crippen molar-refractivity contribution in [2.24, 2.45) is 11.7 Å². The molecule has 4 nitrogen and oxygen atoms in total. The standard InChI is InChI=1S/C16H31N3O/c1-12(2)18-16(20)10-14(11-17)19-9-5-7-13-6-3-4-8-15(13)19/h12-15H,3-11,17H2,1-2H3,(H,18,20)/t13-,14?,15-/m1/s1. The molecule has 1 unspecified atom stereocenters. The molecule has 0 spiro atoms. The third-order valence-electron chi connectivity index (χ3n) is 4.90. The molecule has 2 fully saturated rings. The average molecular weight is 281 g/mol. The average Bonchev–Trinajstić information content (AvgIpc) is 2.43. The van der Waals surface area contributed by atoms with Crippen molar-refractivity contribution in [3.8, 4) is 0 Å². The van der Waals surface area contributed by atoms with Gasteiger partial charge in [-0.15, -0.1) is 0 Å². The third kappa shape index (κ3) is 3.95. The van der Waals surface area contributed by atoms with E-state index in [0.29, 0.717) is 19.0 Å². The molecule has 1 saturated carbocycles. The first kappa shape index (κ1) is 15.8. The Kier molecular flexibility index (Phi) is 5.85. The van der Waals surface area contributed by atoms with E-state index in [4.69, 9.17) is 5.73 Å². The van der Waals surface area contributed by atoms with Crippen LogP contribution in [0.25, 0.3) is 0 Å². The third-order valence-corrected chi connectivity index (χ3v) is 4.90. The highest BCUT2D eigenvalue weighted by atomic mass is 16.1. The van der Waals surface area contributed by atoms with Gasteiger partial charge in [-0.25, -0.2) is 0 Å². The zero-order valence-electron chi connectivity index (χ0n) is 13.1. The Hall–Kier alpha value is -0.610. The second-order valence-electron chi connectivity index (χ2n) is 6.81. The maximum absolute atomic E-state index is 12.0. The lowest BCUT2D eigenvalue weighted by molar-refractivity contribution is -0.123. The molecule has 1 aliphatic heterocycles. The summed E-state index contributed by atoms with van der Waals surface area (Å²) in [4.78, 5) is 14.6. The number of fused-ring (bicyclic) bond motifs is 1. The number of hydrogen-bond acceptors (Lipinski definition) is 3. The van der Waals surface area contributed by atoms with Gasteiger partial charge in [-0.1, -0.05) is 12.8 Å². The van der Waals surface area contributed by atoms with Crippen molar-refractivity contribution in [2.45, 2.75) is 76.9 Å². The van der Waals surface area contributed by atoms with Gasteiger partial charge in [-0.2, -0.15) is 0 Å². The SMILES string of the molecule is CC(C)NC(=O)CC(CN)N1CCC[C@H]2CCCC[C@H]21. The normalized spacial score (nSPS) is 29.0. The van der Waals surface area contributed by atoms with Gasteiger partial charge in [0.25, 0.3) is 0 Å². The van der Waals surface area contributed by atoms with Crippen LogP contribution in [0.15, 0.2) is 0 Å². The van der Waals surface area contributed by atoms with Crippen LogP contribution < -0.4 is 11.1 Å². The molecular formula is C16H31N3O. The van der Waals surface area contributed by atoms with Gasteiger partial charge in [0.2, 0.25) is 5.91 Å². The second kappa shape index (κ2) is 7.41. The Morgan fingerprint density at radius 1 is 1.25 bits per heavy atom. The fraction of sp³-hybridized carbons (Fsp3) is 0.938. The number of hydrogen-bond donors (Lipinski definition) is 2. The molecule has 1 heterocycles. The molecule has 3 N–H and O–H groups in total. The van der Waals surface area contributed by atoms with Crippen LogP contribution in [0.3, 0.4) is 0 Å². The minimum atomic E-state index is 0.147. The molecule has 2 aliphatic rings. The summed E-state index contributed by atoms with van der Waals surface area (Å²) in [5.74, 6) is 0.994. The van der Waals surface area contributed by atoms with Gasteiger partial charge in [0.1, 0.15) is 0 Å². The molecule has 0 aromatic heterocycles. The van der Waals surface area contributed by atoms with Crippen LogP contribution in [0.4, 0.5) is 0 Å². The van der Waals surface area contributed by atoms with Crippen molar-refractivity contribution in [1.82, 2.24) is 10.2 Å². The smallest absolute Gasteiger partial charge is 0.221 e. The Morgan fingerprint density at radius 2 is 1.95 bits per heavy atom. The van der Waals surface area contributed by atoms with Crippen LogP contribution in [-0.2, 0) is 4.79 Å². The lowest BCUT2D eigenvalue weighted by Gasteiger charge is -2.47. The molecule has 1 saturated heterocycles. The molecule has 0 aromatic carbocycles. The van der Waals surface area contributed by atoms with Crippen molar-refractivity contribution in [2.75, 3.05) is 13.1 Å². The molecule has 1 amide bonds. The fourth-order valence-electron chi connectivity index (χ4n) is 4.05. The molecule has 4 heteroatoms. The quantitative estimate of drug-likeness (QED) is 0.809. The number of piperidine rings is 1. The largest absolute Gasteiger partial charge is 0.354 e. The summed E-state index contributed by atoms with van der Waals surface area (Å²) in [7, 11) is 0. The van der Waals surface area contributed by atoms with Crippen LogP contribution in [0.1, 0.15) is 58.8 Å². The number of nitrogens with two attached hydrogens (primary N) is 1. The van der Waals surface area contributed by atoms with Crippen molar-refractivity contribution >= 4 is 5.91 Å². The zero-order valence-corrected chi connectivity index (χ0v) is 13.1. The minimum Gasteiger partial charge on any atom is -0.354 e. The molecule has 2 rings (SSSR count). The molecular weight excluding hydrogens is 250 g/mol. The van der Waals surface area contributed by atoms with Crippen LogP contribution in [0.2, 0.25) is 0 Å². The van der Waals surface area contributed by atoms with Crippen molar-refractivity contribution in [1.29, 1.82) is 0 Å². The van der Waals surface area contributed by atoms with E-state index in [9.17, 15) is 4.79 Å². The highest BCUT2D eigenvalue weighted by molar-refractivity contribution is 5.76. The monoisotopic (exact) mass is 281 g/mol. The first-order valence-electron chi connectivity index (χ1n) is 8.37. The van der Waals surface area contributed by atoms with E-state index >= 15 is 0 Å². The summed E-state index contributed by atoms with van der Waals surface area (Å²) in [6.07, 6.45) is 8.59. The Morgan fingerprint density at radius 3 is 2.65 bits per heavy atom. The van der Waals surface area contributed by atoms with E-state index in [0.717, 1.165) is 12.5 Å². The lowest BCUT2D eigenvalue weighted by Crippen LogP contribution is -2.55. The van der Waals surface area contributed by atoms with E-state index in [1.807, 2.05) is 13.8 Å². The highest BCUT2D eigenvalue weighted by Crippen LogP contribution is 2.36. The summed E-state index contributed by atoms with van der Waals surface area (Å²) >= 11 is 0. The number of likely N-dealkylation sites (tertiary alicyclic amines) is 1. The van der Waals surface area contributed by atoms with E-state index in [1.54, 1.807) is 0 Å². The van der Waals surface area contributed by atoms with Gasteiger partial charge in [0, 0.05) is 31.1 Å². The van der Waals surface area contributed by atoms with E-state index < -0.39 is 0 Å². The number of nitrogens with zero attached hydrogens (tertiary/aromatic N) is 1. The molecule has 0 radical (unpaired) electrons. The first-order valence-corrected chi connectivity index (χ1v) is 8.37. The molecule has 0 bridgehead atoms. The molecule has 20 heavy (non-hydrogen) atoms. The molecule has 1 aliphatic carbocycles. The van der Waals surface area contributed by atoms with Gasteiger partial charge < -0.3 is 11.1 Å². The Labute approximate surface area is 123 Å². The minimum absolute atomic E-state index is 0.147. The summed E-state index contributed by atoms with van der Waals surface area (Å²) in [5.41, 5.74) is 5.98. The Bertz CT molecular complexity index is 317. The molecule has 0 aromatic rings. The van der Waals surface area contributed by atoms with Gasteiger partial charge in [0.15, 0.2) is 0 Å². The Balaban J connectivity index is 1.96. The number of amides is 1.